The SMILES string of the molecule is C#CCCCNC(=O)CNCC1CC1. The van der Waals surface area contributed by atoms with Crippen molar-refractivity contribution >= 4 is 5.91 Å². The fourth-order valence-corrected chi connectivity index (χ4v) is 1.19. The molecule has 0 aromatic rings. The number of carbonyl (C=O) groups is 1. The van der Waals surface area contributed by atoms with E-state index in [1.165, 1.54) is 12.8 Å². The molecule has 0 spiro atoms. The van der Waals surface area contributed by atoms with Crippen LogP contribution in [0.4, 0.5) is 0 Å². The first kappa shape index (κ1) is 11.1. The van der Waals surface area contributed by atoms with Crippen LogP contribution in [0, 0.1) is 18.3 Å². The molecular formula is C11H18N2O. The largest absolute Gasteiger partial charge is 0.355 e. The lowest BCUT2D eigenvalue weighted by molar-refractivity contribution is -0.120. The summed E-state index contributed by atoms with van der Waals surface area (Å²) in [6.07, 6.45) is 9.32. The second-order valence-corrected chi connectivity index (χ2v) is 3.73. The Morgan fingerprint density at radius 1 is 1.50 bits per heavy atom. The summed E-state index contributed by atoms with van der Waals surface area (Å²) in [6.45, 7) is 2.11. The number of unbranched alkanes of at least 4 members (excludes halogenated alkanes) is 1. The molecule has 3 heteroatoms. The van der Waals surface area contributed by atoms with Gasteiger partial charge in [-0.2, -0.15) is 0 Å². The quantitative estimate of drug-likeness (QED) is 0.458. The highest BCUT2D eigenvalue weighted by atomic mass is 16.1. The lowest BCUT2D eigenvalue weighted by Gasteiger charge is -2.04. The van der Waals surface area contributed by atoms with E-state index in [9.17, 15) is 4.79 Å². The summed E-state index contributed by atoms with van der Waals surface area (Å²) >= 11 is 0. The van der Waals surface area contributed by atoms with Crippen LogP contribution >= 0.6 is 0 Å². The number of hydrogen-bond acceptors (Lipinski definition) is 2. The molecule has 0 aromatic carbocycles. The summed E-state index contributed by atoms with van der Waals surface area (Å²) in [4.78, 5) is 11.2. The van der Waals surface area contributed by atoms with E-state index in [1.807, 2.05) is 0 Å². The molecule has 0 heterocycles. The van der Waals surface area contributed by atoms with Gasteiger partial charge < -0.3 is 10.6 Å². The van der Waals surface area contributed by atoms with Gasteiger partial charge in [0.05, 0.1) is 6.54 Å². The average Bonchev–Trinajstić information content (AvgIpc) is 2.96. The Balaban J connectivity index is 1.85. The summed E-state index contributed by atoms with van der Waals surface area (Å²) in [7, 11) is 0. The zero-order chi connectivity index (χ0) is 10.2. The average molecular weight is 194 g/mol. The minimum absolute atomic E-state index is 0.0719. The minimum Gasteiger partial charge on any atom is -0.355 e. The van der Waals surface area contributed by atoms with Gasteiger partial charge in [-0.25, -0.2) is 0 Å². The fourth-order valence-electron chi connectivity index (χ4n) is 1.19. The Morgan fingerprint density at radius 2 is 2.29 bits per heavy atom. The standard InChI is InChI=1S/C11H18N2O/c1-2-3-4-7-13-11(14)9-12-8-10-5-6-10/h1,10,12H,3-9H2,(H,13,14). The molecule has 78 valence electrons. The number of nitrogens with one attached hydrogen (secondary N) is 2. The monoisotopic (exact) mass is 194 g/mol. The zero-order valence-corrected chi connectivity index (χ0v) is 8.51. The Bertz CT molecular complexity index is 216. The predicted molar refractivity (Wildman–Crippen MR) is 56.7 cm³/mol. The maximum Gasteiger partial charge on any atom is 0.233 e. The predicted octanol–water partition coefficient (Wildman–Crippen LogP) is 0.516. The normalized spacial score (nSPS) is 14.8. The van der Waals surface area contributed by atoms with Crippen molar-refractivity contribution in [1.82, 2.24) is 10.6 Å². The number of carbonyl (C=O) groups excluding carboxylic acids is 1. The van der Waals surface area contributed by atoms with E-state index in [0.29, 0.717) is 13.1 Å². The fraction of sp³-hybridized carbons (Fsp3) is 0.727. The van der Waals surface area contributed by atoms with Gasteiger partial charge in [-0.1, -0.05) is 0 Å². The molecule has 14 heavy (non-hydrogen) atoms. The van der Waals surface area contributed by atoms with Crippen molar-refractivity contribution in [2.45, 2.75) is 25.7 Å². The number of amides is 1. The Labute approximate surface area is 85.6 Å². The van der Waals surface area contributed by atoms with Crippen LogP contribution in [0.3, 0.4) is 0 Å². The molecule has 1 saturated carbocycles. The maximum absolute atomic E-state index is 11.2. The Hall–Kier alpha value is -1.01. The van der Waals surface area contributed by atoms with E-state index in [1.54, 1.807) is 0 Å². The van der Waals surface area contributed by atoms with Crippen LogP contribution in [0.25, 0.3) is 0 Å². The van der Waals surface area contributed by atoms with E-state index in [0.717, 1.165) is 25.3 Å². The molecule has 1 rings (SSSR count). The molecule has 0 unspecified atom stereocenters. The first-order chi connectivity index (χ1) is 6.83. The molecule has 0 radical (unpaired) electrons. The van der Waals surface area contributed by atoms with Crippen molar-refractivity contribution in [2.75, 3.05) is 19.6 Å². The molecule has 1 fully saturated rings. The van der Waals surface area contributed by atoms with Gasteiger partial charge in [-0.3, -0.25) is 4.79 Å². The Kier molecular flexibility index (Phi) is 5.09. The molecule has 0 bridgehead atoms. The summed E-state index contributed by atoms with van der Waals surface area (Å²) in [5.74, 6) is 3.44. The third-order valence-electron chi connectivity index (χ3n) is 2.24. The van der Waals surface area contributed by atoms with Gasteiger partial charge >= 0.3 is 0 Å². The smallest absolute Gasteiger partial charge is 0.233 e. The van der Waals surface area contributed by atoms with E-state index in [2.05, 4.69) is 16.6 Å². The Morgan fingerprint density at radius 3 is 2.93 bits per heavy atom. The minimum atomic E-state index is 0.0719. The first-order valence-corrected chi connectivity index (χ1v) is 5.24. The molecule has 0 aliphatic heterocycles. The zero-order valence-electron chi connectivity index (χ0n) is 8.51. The summed E-state index contributed by atoms with van der Waals surface area (Å²) in [6, 6.07) is 0. The van der Waals surface area contributed by atoms with Crippen LogP contribution in [-0.2, 0) is 4.79 Å². The van der Waals surface area contributed by atoms with Crippen LogP contribution < -0.4 is 10.6 Å². The molecule has 0 saturated heterocycles. The number of hydrogen-bond donors (Lipinski definition) is 2. The highest BCUT2D eigenvalue weighted by molar-refractivity contribution is 5.77. The van der Waals surface area contributed by atoms with Crippen molar-refractivity contribution in [3.8, 4) is 12.3 Å². The summed E-state index contributed by atoms with van der Waals surface area (Å²) in [5, 5.41) is 5.95. The van der Waals surface area contributed by atoms with Gasteiger partial charge in [0.1, 0.15) is 0 Å². The first-order valence-electron chi connectivity index (χ1n) is 5.24. The van der Waals surface area contributed by atoms with E-state index < -0.39 is 0 Å². The van der Waals surface area contributed by atoms with E-state index in [-0.39, 0.29) is 5.91 Å². The highest BCUT2D eigenvalue weighted by Crippen LogP contribution is 2.27. The maximum atomic E-state index is 11.2. The number of terminal acetylenes is 1. The number of rotatable bonds is 7. The van der Waals surface area contributed by atoms with Crippen LogP contribution in [0.5, 0.6) is 0 Å². The molecule has 1 aliphatic carbocycles. The van der Waals surface area contributed by atoms with Crippen LogP contribution in [0.15, 0.2) is 0 Å². The molecule has 2 N–H and O–H groups in total. The van der Waals surface area contributed by atoms with E-state index in [4.69, 9.17) is 6.42 Å². The second kappa shape index (κ2) is 6.44. The lowest BCUT2D eigenvalue weighted by atomic mass is 10.3. The van der Waals surface area contributed by atoms with Crippen molar-refractivity contribution in [1.29, 1.82) is 0 Å². The molecule has 3 nitrogen and oxygen atoms in total. The van der Waals surface area contributed by atoms with Gasteiger partial charge in [0.2, 0.25) is 5.91 Å². The molecule has 1 aliphatic rings. The summed E-state index contributed by atoms with van der Waals surface area (Å²) in [5.41, 5.74) is 0. The van der Waals surface area contributed by atoms with Crippen molar-refractivity contribution in [2.24, 2.45) is 5.92 Å². The van der Waals surface area contributed by atoms with Crippen molar-refractivity contribution < 1.29 is 4.79 Å². The van der Waals surface area contributed by atoms with Crippen molar-refractivity contribution in [3.63, 3.8) is 0 Å². The third-order valence-corrected chi connectivity index (χ3v) is 2.24. The molecule has 1 amide bonds. The van der Waals surface area contributed by atoms with Crippen LogP contribution in [0.2, 0.25) is 0 Å². The lowest BCUT2D eigenvalue weighted by Crippen LogP contribution is -2.35. The van der Waals surface area contributed by atoms with Gasteiger partial charge in [0.15, 0.2) is 0 Å². The molecule has 0 aromatic heterocycles. The van der Waals surface area contributed by atoms with Gasteiger partial charge in [0.25, 0.3) is 0 Å². The highest BCUT2D eigenvalue weighted by Gasteiger charge is 2.20. The van der Waals surface area contributed by atoms with Gasteiger partial charge in [0, 0.05) is 13.0 Å². The van der Waals surface area contributed by atoms with E-state index >= 15 is 0 Å². The second-order valence-electron chi connectivity index (χ2n) is 3.73. The van der Waals surface area contributed by atoms with Crippen molar-refractivity contribution in [3.05, 3.63) is 0 Å². The summed E-state index contributed by atoms with van der Waals surface area (Å²) < 4.78 is 0. The van der Waals surface area contributed by atoms with Gasteiger partial charge in [-0.15, -0.1) is 12.3 Å². The molecular weight excluding hydrogens is 176 g/mol. The molecule has 0 atom stereocenters. The van der Waals surface area contributed by atoms with Gasteiger partial charge in [-0.05, 0) is 31.7 Å². The van der Waals surface area contributed by atoms with Crippen LogP contribution in [0.1, 0.15) is 25.7 Å². The topological polar surface area (TPSA) is 41.1 Å². The third kappa shape index (κ3) is 5.60. The van der Waals surface area contributed by atoms with Crippen LogP contribution in [-0.4, -0.2) is 25.5 Å².